The van der Waals surface area contributed by atoms with Crippen LogP contribution < -0.4 is 0 Å². The van der Waals surface area contributed by atoms with Crippen molar-refractivity contribution < 1.29 is 33.0 Å². The smallest absolute Gasteiger partial charge is 0.102 e. The van der Waals surface area contributed by atoms with Gasteiger partial charge in [0.1, 0.15) is 26.2 Å². The number of aliphatic hydroxyl groups is 1. The van der Waals surface area contributed by atoms with E-state index in [1.807, 2.05) is 0 Å². The van der Waals surface area contributed by atoms with E-state index in [1.54, 1.807) is 0 Å². The van der Waals surface area contributed by atoms with Crippen LogP contribution in [0, 0.1) is 0 Å². The summed E-state index contributed by atoms with van der Waals surface area (Å²) >= 11 is 0. The zero-order valence-electron chi connectivity index (χ0n) is 17.9. The molecule has 0 heterocycles. The molecule has 7 nitrogen and oxygen atoms in total. The second-order valence-electron chi connectivity index (χ2n) is 7.94. The zero-order chi connectivity index (χ0) is 19.7. The lowest BCUT2D eigenvalue weighted by atomic mass is 10.4. The summed E-state index contributed by atoms with van der Waals surface area (Å²) in [5, 5.41) is 8.69. The molecule has 158 valence electrons. The van der Waals surface area contributed by atoms with Crippen LogP contribution in [-0.4, -0.2) is 128 Å². The molecular weight excluding hydrogens is 336 g/mol. The maximum Gasteiger partial charge on any atom is 0.102 e. The molecule has 0 bridgehead atoms. The summed E-state index contributed by atoms with van der Waals surface area (Å²) in [6.07, 6.45) is 1.07. The normalized spacial score (nSPS) is 12.7. The molecule has 0 aromatic rings. The molecular formula is C19H44N2O5+2. The molecule has 0 atom stereocenters. The van der Waals surface area contributed by atoms with E-state index in [0.717, 1.165) is 61.4 Å². The predicted octanol–water partition coefficient (Wildman–Crippen LogP) is 0.608. The van der Waals surface area contributed by atoms with Crippen LogP contribution in [-0.2, 0) is 18.9 Å². The number of hydrogen-bond acceptors (Lipinski definition) is 5. The van der Waals surface area contributed by atoms with Crippen molar-refractivity contribution in [3.8, 4) is 0 Å². The Labute approximate surface area is 160 Å². The van der Waals surface area contributed by atoms with Crippen molar-refractivity contribution in [3.05, 3.63) is 0 Å². The van der Waals surface area contributed by atoms with Gasteiger partial charge in [0.25, 0.3) is 0 Å². The van der Waals surface area contributed by atoms with Crippen molar-refractivity contribution in [3.63, 3.8) is 0 Å². The van der Waals surface area contributed by atoms with Gasteiger partial charge in [0.15, 0.2) is 0 Å². The van der Waals surface area contributed by atoms with Gasteiger partial charge in [-0.15, -0.1) is 0 Å². The van der Waals surface area contributed by atoms with E-state index in [2.05, 4.69) is 35.1 Å². The van der Waals surface area contributed by atoms with Gasteiger partial charge in [-0.1, -0.05) is 6.92 Å². The first-order chi connectivity index (χ1) is 12.3. The summed E-state index contributed by atoms with van der Waals surface area (Å²) in [6.45, 7) is 11.5. The van der Waals surface area contributed by atoms with Gasteiger partial charge in [-0.25, -0.2) is 0 Å². The van der Waals surface area contributed by atoms with E-state index in [-0.39, 0.29) is 6.61 Å². The molecule has 0 fully saturated rings. The Bertz CT molecular complexity index is 284. The van der Waals surface area contributed by atoms with Crippen LogP contribution in [0.25, 0.3) is 0 Å². The van der Waals surface area contributed by atoms with Crippen molar-refractivity contribution in [1.29, 1.82) is 0 Å². The molecule has 0 rings (SSSR count). The van der Waals surface area contributed by atoms with Gasteiger partial charge in [-0.05, 0) is 6.42 Å². The Morgan fingerprint density at radius 2 is 0.885 bits per heavy atom. The largest absolute Gasteiger partial charge is 0.394 e. The molecule has 26 heavy (non-hydrogen) atoms. The molecule has 0 aromatic carbocycles. The number of rotatable bonds is 19. The molecule has 0 aliphatic heterocycles. The van der Waals surface area contributed by atoms with Gasteiger partial charge in [0.2, 0.25) is 0 Å². The lowest BCUT2D eigenvalue weighted by molar-refractivity contribution is -0.891. The number of nitrogens with zero attached hydrogens (tertiary/aromatic N) is 2. The molecule has 0 aromatic heterocycles. The minimum atomic E-state index is 0.0826. The van der Waals surface area contributed by atoms with E-state index in [0.29, 0.717) is 33.0 Å². The summed E-state index contributed by atoms with van der Waals surface area (Å²) in [7, 11) is 8.73. The lowest BCUT2D eigenvalue weighted by Crippen LogP contribution is -2.45. The van der Waals surface area contributed by atoms with Gasteiger partial charge in [-0.2, -0.15) is 0 Å². The van der Waals surface area contributed by atoms with Crippen LogP contribution in [0.5, 0.6) is 0 Å². The van der Waals surface area contributed by atoms with E-state index < -0.39 is 0 Å². The molecule has 0 saturated heterocycles. The summed E-state index contributed by atoms with van der Waals surface area (Å²) in [5.41, 5.74) is 0. The van der Waals surface area contributed by atoms with Crippen molar-refractivity contribution in [1.82, 2.24) is 0 Å². The molecule has 0 aliphatic carbocycles. The van der Waals surface area contributed by atoms with Crippen molar-refractivity contribution in [2.75, 3.05) is 114 Å². The molecule has 0 amide bonds. The number of quaternary nitrogens is 2. The van der Waals surface area contributed by atoms with Crippen LogP contribution in [0.3, 0.4) is 0 Å². The Balaban J connectivity index is 3.51. The average Bonchev–Trinajstić information content (AvgIpc) is 2.58. The van der Waals surface area contributed by atoms with E-state index in [4.69, 9.17) is 24.1 Å². The molecule has 0 radical (unpaired) electrons. The highest BCUT2D eigenvalue weighted by Crippen LogP contribution is 1.98. The fourth-order valence-corrected chi connectivity index (χ4v) is 2.21. The molecule has 1 N–H and O–H groups in total. The molecule has 7 heteroatoms. The third kappa shape index (κ3) is 17.1. The first kappa shape index (κ1) is 25.7. The Hall–Kier alpha value is -0.280. The first-order valence-corrected chi connectivity index (χ1v) is 9.89. The third-order valence-electron chi connectivity index (χ3n) is 4.32. The molecule has 0 saturated carbocycles. The van der Waals surface area contributed by atoms with E-state index in [1.165, 1.54) is 0 Å². The highest BCUT2D eigenvalue weighted by atomic mass is 16.5. The summed E-state index contributed by atoms with van der Waals surface area (Å²) in [5.74, 6) is 0. The Morgan fingerprint density at radius 3 is 1.23 bits per heavy atom. The quantitative estimate of drug-likeness (QED) is 0.263. The number of aliphatic hydroxyl groups excluding tert-OH is 1. The highest BCUT2D eigenvalue weighted by Gasteiger charge is 2.15. The summed E-state index contributed by atoms with van der Waals surface area (Å²) < 4.78 is 24.0. The average molecular weight is 381 g/mol. The van der Waals surface area contributed by atoms with E-state index in [9.17, 15) is 0 Å². The monoisotopic (exact) mass is 380 g/mol. The number of likely N-dealkylation sites (N-methyl/N-ethyl adjacent to an activating group) is 2. The number of hydrogen-bond donors (Lipinski definition) is 1. The highest BCUT2D eigenvalue weighted by molar-refractivity contribution is 4.39. The van der Waals surface area contributed by atoms with Crippen LogP contribution in [0.1, 0.15) is 13.3 Å². The van der Waals surface area contributed by atoms with Crippen LogP contribution in [0.4, 0.5) is 0 Å². The van der Waals surface area contributed by atoms with Gasteiger partial charge >= 0.3 is 0 Å². The van der Waals surface area contributed by atoms with Gasteiger partial charge in [-0.3, -0.25) is 0 Å². The maximum atomic E-state index is 8.69. The van der Waals surface area contributed by atoms with E-state index >= 15 is 0 Å². The topological polar surface area (TPSA) is 57.2 Å². The van der Waals surface area contributed by atoms with Crippen molar-refractivity contribution >= 4 is 0 Å². The van der Waals surface area contributed by atoms with Gasteiger partial charge in [0.05, 0.1) is 81.0 Å². The second kappa shape index (κ2) is 15.7. The second-order valence-corrected chi connectivity index (χ2v) is 7.94. The fourth-order valence-electron chi connectivity index (χ4n) is 2.21. The zero-order valence-corrected chi connectivity index (χ0v) is 17.9. The maximum absolute atomic E-state index is 8.69. The molecule has 0 aliphatic rings. The minimum absolute atomic E-state index is 0.0826. The SMILES string of the molecule is CCCOCC[N+](C)(C)CCOCCOCC[N+](C)(C)CCOCCO. The Morgan fingerprint density at radius 1 is 0.538 bits per heavy atom. The van der Waals surface area contributed by atoms with Crippen molar-refractivity contribution in [2.45, 2.75) is 13.3 Å². The van der Waals surface area contributed by atoms with Crippen LogP contribution in [0.2, 0.25) is 0 Å². The predicted molar refractivity (Wildman–Crippen MR) is 104 cm³/mol. The summed E-state index contributed by atoms with van der Waals surface area (Å²) in [4.78, 5) is 0. The Kier molecular flexibility index (Phi) is 15.6. The van der Waals surface area contributed by atoms with Crippen molar-refractivity contribution in [2.24, 2.45) is 0 Å². The van der Waals surface area contributed by atoms with Crippen LogP contribution >= 0.6 is 0 Å². The summed E-state index contributed by atoms with van der Waals surface area (Å²) in [6, 6.07) is 0. The molecule has 0 spiro atoms. The standard InChI is InChI=1S/C19H44N2O5/c1-6-12-23-13-7-20(2,3)9-15-25-18-19-26-16-10-21(4,5)8-14-24-17-11-22/h22H,6-19H2,1-5H3/q+2. The van der Waals surface area contributed by atoms with Crippen LogP contribution in [0.15, 0.2) is 0 Å². The minimum Gasteiger partial charge on any atom is -0.394 e. The molecule has 0 unspecified atom stereocenters. The fraction of sp³-hybridized carbons (Fsp3) is 1.00. The third-order valence-corrected chi connectivity index (χ3v) is 4.32. The number of ether oxygens (including phenoxy) is 4. The van der Waals surface area contributed by atoms with Gasteiger partial charge < -0.3 is 33.0 Å². The van der Waals surface area contributed by atoms with Gasteiger partial charge in [0, 0.05) is 6.61 Å². The lowest BCUT2D eigenvalue weighted by Gasteiger charge is -2.30. The first-order valence-electron chi connectivity index (χ1n) is 9.89.